The molecule has 1 atom stereocenters. The molecule has 2 rings (SSSR count). The predicted octanol–water partition coefficient (Wildman–Crippen LogP) is 7.07. The standard InChI is InChI=1S/C23H28O3.C2H6/c1-7-16(4)17-8-10-18(11-9-17)23(5,6)19-12-13-21(26-15(2)3)20(14-19)22(24)25;1-2/h7-8,10-14,17H,2,9H2,1,3-6H3,(H,24,25);1-2H3/b16-7-;. The van der Waals surface area contributed by atoms with Crippen molar-refractivity contribution in [1.29, 1.82) is 0 Å². The molecular weight excluding hydrogens is 348 g/mol. The van der Waals surface area contributed by atoms with E-state index >= 15 is 0 Å². The van der Waals surface area contributed by atoms with Crippen molar-refractivity contribution >= 4 is 5.97 Å². The number of carboxylic acid groups (broad SMARTS) is 1. The van der Waals surface area contributed by atoms with Crippen molar-refractivity contribution in [3.8, 4) is 5.75 Å². The minimum atomic E-state index is -1.00. The molecule has 0 spiro atoms. The van der Waals surface area contributed by atoms with E-state index in [1.807, 2.05) is 19.9 Å². The molecule has 1 N–H and O–H groups in total. The molecule has 0 saturated heterocycles. The van der Waals surface area contributed by atoms with Crippen molar-refractivity contribution in [3.05, 3.63) is 77.1 Å². The first kappa shape index (κ1) is 23.5. The number of aromatic carboxylic acids is 1. The SMILES string of the molecule is C=C(C)Oc1ccc(C(C)(C)C2=CCC(/C(C)=C\C)C=C2)cc1C(=O)O.CC. The third-order valence-electron chi connectivity index (χ3n) is 5.08. The number of benzene rings is 1. The summed E-state index contributed by atoms with van der Waals surface area (Å²) in [6, 6.07) is 5.36. The van der Waals surface area contributed by atoms with Crippen molar-refractivity contribution < 1.29 is 14.6 Å². The topological polar surface area (TPSA) is 46.5 Å². The smallest absolute Gasteiger partial charge is 0.339 e. The van der Waals surface area contributed by atoms with Gasteiger partial charge in [0.25, 0.3) is 0 Å². The van der Waals surface area contributed by atoms with Gasteiger partial charge in [-0.05, 0) is 50.5 Å². The van der Waals surface area contributed by atoms with Gasteiger partial charge in [0.05, 0.1) is 5.76 Å². The fraction of sp³-hybridized carbons (Fsp3) is 0.400. The van der Waals surface area contributed by atoms with E-state index in [2.05, 4.69) is 58.6 Å². The molecule has 1 aliphatic carbocycles. The summed E-state index contributed by atoms with van der Waals surface area (Å²) in [7, 11) is 0. The van der Waals surface area contributed by atoms with E-state index in [9.17, 15) is 9.90 Å². The average molecular weight is 383 g/mol. The maximum atomic E-state index is 11.7. The fourth-order valence-electron chi connectivity index (χ4n) is 3.16. The molecular formula is C25H34O3. The number of hydrogen-bond acceptors (Lipinski definition) is 2. The highest BCUT2D eigenvalue weighted by Crippen LogP contribution is 2.38. The van der Waals surface area contributed by atoms with Crippen LogP contribution in [0, 0.1) is 5.92 Å². The third-order valence-corrected chi connectivity index (χ3v) is 5.08. The van der Waals surface area contributed by atoms with Crippen LogP contribution >= 0.6 is 0 Å². The zero-order valence-corrected chi connectivity index (χ0v) is 18.3. The lowest BCUT2D eigenvalue weighted by Crippen LogP contribution is -2.22. The van der Waals surface area contributed by atoms with Gasteiger partial charge in [-0.3, -0.25) is 0 Å². The average Bonchev–Trinajstić information content (AvgIpc) is 2.68. The number of ether oxygens (including phenoxy) is 1. The van der Waals surface area contributed by atoms with Gasteiger partial charge in [-0.25, -0.2) is 4.79 Å². The number of carbonyl (C=O) groups is 1. The predicted molar refractivity (Wildman–Crippen MR) is 118 cm³/mol. The van der Waals surface area contributed by atoms with Gasteiger partial charge in [0.1, 0.15) is 11.3 Å². The molecule has 1 aliphatic rings. The molecule has 3 heteroatoms. The highest BCUT2D eigenvalue weighted by Gasteiger charge is 2.28. The van der Waals surface area contributed by atoms with E-state index in [1.165, 1.54) is 11.1 Å². The van der Waals surface area contributed by atoms with Crippen LogP contribution in [-0.2, 0) is 5.41 Å². The van der Waals surface area contributed by atoms with Gasteiger partial charge in [-0.1, -0.05) is 70.2 Å². The van der Waals surface area contributed by atoms with Gasteiger partial charge in [-0.2, -0.15) is 0 Å². The summed E-state index contributed by atoms with van der Waals surface area (Å²) in [6.07, 6.45) is 9.78. The molecule has 1 aromatic carbocycles. The van der Waals surface area contributed by atoms with E-state index < -0.39 is 5.97 Å². The third kappa shape index (κ3) is 5.48. The van der Waals surface area contributed by atoms with Gasteiger partial charge < -0.3 is 9.84 Å². The van der Waals surface area contributed by atoms with Crippen molar-refractivity contribution in [2.24, 2.45) is 5.92 Å². The highest BCUT2D eigenvalue weighted by molar-refractivity contribution is 5.91. The Morgan fingerprint density at radius 2 is 1.93 bits per heavy atom. The molecule has 3 nitrogen and oxygen atoms in total. The Labute approximate surface area is 170 Å². The molecule has 1 aromatic rings. The lowest BCUT2D eigenvalue weighted by molar-refractivity contribution is 0.0693. The molecule has 0 saturated carbocycles. The van der Waals surface area contributed by atoms with Crippen LogP contribution in [0.3, 0.4) is 0 Å². The van der Waals surface area contributed by atoms with Gasteiger partial charge in [-0.15, -0.1) is 0 Å². The molecule has 0 bridgehead atoms. The molecule has 0 radical (unpaired) electrons. The van der Waals surface area contributed by atoms with E-state index in [0.29, 0.717) is 17.4 Å². The molecule has 28 heavy (non-hydrogen) atoms. The summed E-state index contributed by atoms with van der Waals surface area (Å²) < 4.78 is 5.46. The van der Waals surface area contributed by atoms with E-state index in [4.69, 9.17) is 4.74 Å². The molecule has 0 fully saturated rings. The Bertz CT molecular complexity index is 807. The van der Waals surface area contributed by atoms with Crippen LogP contribution in [0.1, 0.15) is 70.8 Å². The second-order valence-electron chi connectivity index (χ2n) is 7.34. The maximum Gasteiger partial charge on any atom is 0.339 e. The van der Waals surface area contributed by atoms with Gasteiger partial charge in [0, 0.05) is 11.3 Å². The first-order valence-electron chi connectivity index (χ1n) is 9.89. The minimum absolute atomic E-state index is 0.154. The van der Waals surface area contributed by atoms with E-state index in [1.54, 1.807) is 19.1 Å². The quantitative estimate of drug-likeness (QED) is 0.423. The second-order valence-corrected chi connectivity index (χ2v) is 7.34. The maximum absolute atomic E-state index is 11.7. The largest absolute Gasteiger partial charge is 0.478 e. The first-order valence-corrected chi connectivity index (χ1v) is 9.89. The number of rotatable bonds is 6. The Hall–Kier alpha value is -2.55. The van der Waals surface area contributed by atoms with Crippen molar-refractivity contribution in [1.82, 2.24) is 0 Å². The zero-order valence-electron chi connectivity index (χ0n) is 18.3. The molecule has 0 aliphatic heterocycles. The summed E-state index contributed by atoms with van der Waals surface area (Å²) in [5.74, 6) is 0.223. The first-order chi connectivity index (χ1) is 13.2. The fourth-order valence-corrected chi connectivity index (χ4v) is 3.16. The van der Waals surface area contributed by atoms with Gasteiger partial charge in [0.2, 0.25) is 0 Å². The molecule has 0 amide bonds. The van der Waals surface area contributed by atoms with Crippen LogP contribution in [0.5, 0.6) is 5.75 Å². The van der Waals surface area contributed by atoms with E-state index in [0.717, 1.165) is 12.0 Å². The Balaban J connectivity index is 0.00000190. The Kier molecular flexibility index (Phi) is 8.49. The van der Waals surface area contributed by atoms with Gasteiger partial charge in [0.15, 0.2) is 0 Å². The van der Waals surface area contributed by atoms with Crippen molar-refractivity contribution in [2.75, 3.05) is 0 Å². The van der Waals surface area contributed by atoms with Crippen molar-refractivity contribution in [3.63, 3.8) is 0 Å². The highest BCUT2D eigenvalue weighted by atomic mass is 16.5. The van der Waals surface area contributed by atoms with Crippen LogP contribution in [0.2, 0.25) is 0 Å². The second kappa shape index (κ2) is 10.1. The lowest BCUT2D eigenvalue weighted by Gasteiger charge is -2.30. The van der Waals surface area contributed by atoms with Gasteiger partial charge >= 0.3 is 5.97 Å². The lowest BCUT2D eigenvalue weighted by atomic mass is 9.74. The van der Waals surface area contributed by atoms with E-state index in [-0.39, 0.29) is 11.0 Å². The molecule has 0 aromatic heterocycles. The summed E-state index contributed by atoms with van der Waals surface area (Å²) >= 11 is 0. The summed E-state index contributed by atoms with van der Waals surface area (Å²) in [6.45, 7) is 17.8. The summed E-state index contributed by atoms with van der Waals surface area (Å²) in [4.78, 5) is 11.7. The van der Waals surface area contributed by atoms with Crippen LogP contribution in [0.4, 0.5) is 0 Å². The van der Waals surface area contributed by atoms with Crippen molar-refractivity contribution in [2.45, 2.75) is 60.3 Å². The molecule has 152 valence electrons. The monoisotopic (exact) mass is 382 g/mol. The molecule has 1 unspecified atom stereocenters. The number of hydrogen-bond donors (Lipinski definition) is 1. The van der Waals surface area contributed by atoms with Crippen LogP contribution < -0.4 is 4.74 Å². The number of allylic oxidation sites excluding steroid dienone is 7. The van der Waals surface area contributed by atoms with Crippen LogP contribution in [-0.4, -0.2) is 11.1 Å². The number of carboxylic acids is 1. The zero-order chi connectivity index (χ0) is 21.5. The van der Waals surface area contributed by atoms with Crippen LogP contribution in [0.25, 0.3) is 0 Å². The van der Waals surface area contributed by atoms with Crippen LogP contribution in [0.15, 0.2) is 66.0 Å². The Morgan fingerprint density at radius 3 is 2.39 bits per heavy atom. The Morgan fingerprint density at radius 1 is 1.29 bits per heavy atom. The molecule has 0 heterocycles. The minimum Gasteiger partial charge on any atom is -0.478 e. The normalized spacial score (nSPS) is 16.6. The summed E-state index contributed by atoms with van der Waals surface area (Å²) in [5.41, 5.74) is 3.37. The summed E-state index contributed by atoms with van der Waals surface area (Å²) in [5, 5.41) is 9.56.